The van der Waals surface area contributed by atoms with E-state index in [4.69, 9.17) is 0 Å². The van der Waals surface area contributed by atoms with Crippen LogP contribution < -0.4 is 0 Å². The van der Waals surface area contributed by atoms with E-state index < -0.39 is 0 Å². The maximum atomic E-state index is 11.7. The SMILES string of the molecule is CCn1nc(C)cc1CC(=O)CC(C)C. The molecule has 0 saturated carbocycles. The van der Waals surface area contributed by atoms with E-state index in [1.165, 1.54) is 0 Å². The number of nitrogens with zero attached hydrogens (tertiary/aromatic N) is 2. The third-order valence-electron chi connectivity index (χ3n) is 2.30. The van der Waals surface area contributed by atoms with Gasteiger partial charge in [-0.25, -0.2) is 0 Å². The van der Waals surface area contributed by atoms with Gasteiger partial charge in [-0.1, -0.05) is 13.8 Å². The highest BCUT2D eigenvalue weighted by Gasteiger charge is 2.10. The van der Waals surface area contributed by atoms with Gasteiger partial charge in [0.05, 0.1) is 5.69 Å². The molecule has 0 aliphatic rings. The van der Waals surface area contributed by atoms with Gasteiger partial charge in [-0.05, 0) is 25.8 Å². The molecule has 0 N–H and O–H groups in total. The second-order valence-electron chi connectivity index (χ2n) is 4.41. The van der Waals surface area contributed by atoms with Gasteiger partial charge in [-0.15, -0.1) is 0 Å². The summed E-state index contributed by atoms with van der Waals surface area (Å²) in [4.78, 5) is 11.7. The summed E-state index contributed by atoms with van der Waals surface area (Å²) in [6.45, 7) is 8.98. The van der Waals surface area contributed by atoms with E-state index in [1.54, 1.807) is 0 Å². The van der Waals surface area contributed by atoms with Gasteiger partial charge in [0.1, 0.15) is 5.78 Å². The number of hydrogen-bond donors (Lipinski definition) is 0. The van der Waals surface area contributed by atoms with Crippen LogP contribution in [0.15, 0.2) is 6.07 Å². The predicted octanol–water partition coefficient (Wildman–Crippen LogP) is 2.37. The highest BCUT2D eigenvalue weighted by molar-refractivity contribution is 5.80. The molecule has 1 aromatic heterocycles. The van der Waals surface area contributed by atoms with E-state index in [-0.39, 0.29) is 0 Å². The lowest BCUT2D eigenvalue weighted by Crippen LogP contribution is -2.11. The van der Waals surface area contributed by atoms with Crippen molar-refractivity contribution in [3.05, 3.63) is 17.5 Å². The normalized spacial score (nSPS) is 11.0. The quantitative estimate of drug-likeness (QED) is 0.744. The molecule has 3 nitrogen and oxygen atoms in total. The minimum absolute atomic E-state index is 0.305. The Morgan fingerprint density at radius 2 is 2.20 bits per heavy atom. The molecule has 0 amide bonds. The van der Waals surface area contributed by atoms with Gasteiger partial charge in [-0.2, -0.15) is 5.10 Å². The van der Waals surface area contributed by atoms with Crippen molar-refractivity contribution in [2.75, 3.05) is 0 Å². The number of carbonyl (C=O) groups is 1. The van der Waals surface area contributed by atoms with E-state index in [9.17, 15) is 4.79 Å². The minimum atomic E-state index is 0.305. The monoisotopic (exact) mass is 208 g/mol. The lowest BCUT2D eigenvalue weighted by Gasteiger charge is -2.05. The predicted molar refractivity (Wildman–Crippen MR) is 60.8 cm³/mol. The first kappa shape index (κ1) is 12.0. The van der Waals surface area contributed by atoms with Crippen LogP contribution >= 0.6 is 0 Å². The molecule has 84 valence electrons. The second kappa shape index (κ2) is 5.10. The summed E-state index contributed by atoms with van der Waals surface area (Å²) < 4.78 is 1.91. The van der Waals surface area contributed by atoms with E-state index in [2.05, 4.69) is 18.9 Å². The van der Waals surface area contributed by atoms with Crippen LogP contribution in [-0.2, 0) is 17.8 Å². The van der Waals surface area contributed by atoms with Gasteiger partial charge in [0.25, 0.3) is 0 Å². The molecule has 0 atom stereocenters. The Morgan fingerprint density at radius 1 is 1.53 bits per heavy atom. The summed E-state index contributed by atoms with van der Waals surface area (Å²) in [6.07, 6.45) is 1.18. The maximum absolute atomic E-state index is 11.7. The largest absolute Gasteiger partial charge is 0.299 e. The molecule has 0 aliphatic heterocycles. The molecule has 1 rings (SSSR count). The number of rotatable bonds is 5. The van der Waals surface area contributed by atoms with Crippen molar-refractivity contribution in [2.45, 2.75) is 47.1 Å². The number of hydrogen-bond acceptors (Lipinski definition) is 2. The first-order chi connectivity index (χ1) is 7.02. The number of Topliss-reactive ketones (excluding diaryl/α,β-unsaturated/α-hetero) is 1. The van der Waals surface area contributed by atoms with Crippen molar-refractivity contribution >= 4 is 5.78 Å². The maximum Gasteiger partial charge on any atom is 0.139 e. The Morgan fingerprint density at radius 3 is 2.73 bits per heavy atom. The lowest BCUT2D eigenvalue weighted by atomic mass is 10.0. The highest BCUT2D eigenvalue weighted by Crippen LogP contribution is 2.09. The van der Waals surface area contributed by atoms with Crippen LogP contribution in [0.4, 0.5) is 0 Å². The number of aromatic nitrogens is 2. The van der Waals surface area contributed by atoms with Crippen LogP contribution in [0.1, 0.15) is 38.6 Å². The first-order valence-electron chi connectivity index (χ1n) is 5.58. The molecule has 0 radical (unpaired) electrons. The smallest absolute Gasteiger partial charge is 0.139 e. The standard InChI is InChI=1S/C12H20N2O/c1-5-14-11(7-10(4)13-14)8-12(15)6-9(2)3/h7,9H,5-6,8H2,1-4H3. The average molecular weight is 208 g/mol. The fourth-order valence-corrected chi connectivity index (χ4v) is 1.74. The molecule has 0 aromatic carbocycles. The van der Waals surface area contributed by atoms with E-state index in [1.807, 2.05) is 24.6 Å². The third kappa shape index (κ3) is 3.50. The zero-order valence-corrected chi connectivity index (χ0v) is 10.1. The molecular weight excluding hydrogens is 188 g/mol. The topological polar surface area (TPSA) is 34.9 Å². The minimum Gasteiger partial charge on any atom is -0.299 e. The summed E-state index contributed by atoms with van der Waals surface area (Å²) in [7, 11) is 0. The van der Waals surface area contributed by atoms with Gasteiger partial charge < -0.3 is 0 Å². The van der Waals surface area contributed by atoms with Crippen LogP contribution in [-0.4, -0.2) is 15.6 Å². The third-order valence-corrected chi connectivity index (χ3v) is 2.30. The molecule has 3 heteroatoms. The number of ketones is 1. The van der Waals surface area contributed by atoms with Gasteiger partial charge in [0, 0.05) is 25.1 Å². The molecule has 0 saturated heterocycles. The molecule has 0 unspecified atom stereocenters. The molecule has 0 aliphatic carbocycles. The van der Waals surface area contributed by atoms with Gasteiger partial charge in [0.2, 0.25) is 0 Å². The van der Waals surface area contributed by atoms with Gasteiger partial charge in [-0.3, -0.25) is 9.48 Å². The summed E-state index contributed by atoms with van der Waals surface area (Å²) in [6, 6.07) is 2.00. The van der Waals surface area contributed by atoms with Crippen molar-refractivity contribution in [3.63, 3.8) is 0 Å². The van der Waals surface area contributed by atoms with Crippen molar-refractivity contribution in [2.24, 2.45) is 5.92 Å². The second-order valence-corrected chi connectivity index (χ2v) is 4.41. The van der Waals surface area contributed by atoms with Crippen LogP contribution in [0, 0.1) is 12.8 Å². The molecule has 1 heterocycles. The van der Waals surface area contributed by atoms with Gasteiger partial charge in [0.15, 0.2) is 0 Å². The Bertz CT molecular complexity index is 339. The first-order valence-corrected chi connectivity index (χ1v) is 5.58. The van der Waals surface area contributed by atoms with Crippen LogP contribution in [0.3, 0.4) is 0 Å². The fourth-order valence-electron chi connectivity index (χ4n) is 1.74. The lowest BCUT2D eigenvalue weighted by molar-refractivity contribution is -0.119. The fraction of sp³-hybridized carbons (Fsp3) is 0.667. The zero-order valence-electron chi connectivity index (χ0n) is 10.1. The van der Waals surface area contributed by atoms with Crippen molar-refractivity contribution < 1.29 is 4.79 Å². The summed E-state index contributed by atoms with van der Waals surface area (Å²) in [5.41, 5.74) is 2.03. The van der Waals surface area contributed by atoms with Crippen LogP contribution in [0.5, 0.6) is 0 Å². The Labute approximate surface area is 91.5 Å². The summed E-state index contributed by atoms with van der Waals surface area (Å²) >= 11 is 0. The van der Waals surface area contributed by atoms with Crippen molar-refractivity contribution in [3.8, 4) is 0 Å². The van der Waals surface area contributed by atoms with E-state index in [0.717, 1.165) is 17.9 Å². The van der Waals surface area contributed by atoms with Crippen molar-refractivity contribution in [1.82, 2.24) is 9.78 Å². The van der Waals surface area contributed by atoms with E-state index >= 15 is 0 Å². The molecule has 1 aromatic rings. The average Bonchev–Trinajstić information content (AvgIpc) is 2.44. The Hall–Kier alpha value is -1.12. The Kier molecular flexibility index (Phi) is 4.06. The van der Waals surface area contributed by atoms with E-state index in [0.29, 0.717) is 24.5 Å². The highest BCUT2D eigenvalue weighted by atomic mass is 16.1. The summed E-state index contributed by atoms with van der Waals surface area (Å²) in [5, 5.41) is 4.33. The summed E-state index contributed by atoms with van der Waals surface area (Å²) in [5.74, 6) is 0.746. The van der Waals surface area contributed by atoms with Gasteiger partial charge >= 0.3 is 0 Å². The van der Waals surface area contributed by atoms with Crippen LogP contribution in [0.25, 0.3) is 0 Å². The number of carbonyl (C=O) groups excluding carboxylic acids is 1. The molecule has 15 heavy (non-hydrogen) atoms. The molecule has 0 bridgehead atoms. The zero-order chi connectivity index (χ0) is 11.4. The van der Waals surface area contributed by atoms with Crippen LogP contribution in [0.2, 0.25) is 0 Å². The number of aryl methyl sites for hydroxylation is 2. The van der Waals surface area contributed by atoms with Crippen molar-refractivity contribution in [1.29, 1.82) is 0 Å². The Balaban J connectivity index is 2.67. The molecule has 0 spiro atoms. The molecule has 0 fully saturated rings. The molecular formula is C12H20N2O.